The minimum absolute atomic E-state index is 0.0352. The summed E-state index contributed by atoms with van der Waals surface area (Å²) in [5.74, 6) is 0.133. The van der Waals surface area contributed by atoms with Crippen LogP contribution in [0.15, 0.2) is 24.3 Å². The molecule has 1 unspecified atom stereocenters. The molecule has 0 N–H and O–H groups in total. The zero-order valence-corrected chi connectivity index (χ0v) is 13.1. The Morgan fingerprint density at radius 1 is 1.19 bits per heavy atom. The lowest BCUT2D eigenvalue weighted by molar-refractivity contribution is -0.118. The Morgan fingerprint density at radius 2 is 1.90 bits per heavy atom. The SMILES string of the molecule is CCCC(C(C)=O)c1cc2ccc(C(C)=O)cc2nc1C. The van der Waals surface area contributed by atoms with E-state index in [9.17, 15) is 9.59 Å². The van der Waals surface area contributed by atoms with Gasteiger partial charge in [0, 0.05) is 22.6 Å². The van der Waals surface area contributed by atoms with Crippen LogP contribution in [-0.2, 0) is 4.79 Å². The van der Waals surface area contributed by atoms with Crippen LogP contribution >= 0.6 is 0 Å². The summed E-state index contributed by atoms with van der Waals surface area (Å²) < 4.78 is 0. The van der Waals surface area contributed by atoms with Crippen LogP contribution in [0.1, 0.15) is 61.1 Å². The summed E-state index contributed by atoms with van der Waals surface area (Å²) in [6.07, 6.45) is 1.81. The Hall–Kier alpha value is -2.03. The van der Waals surface area contributed by atoms with Gasteiger partial charge in [-0.05, 0) is 44.9 Å². The summed E-state index contributed by atoms with van der Waals surface area (Å²) in [7, 11) is 0. The third kappa shape index (κ3) is 3.18. The fourth-order valence-corrected chi connectivity index (χ4v) is 2.72. The van der Waals surface area contributed by atoms with Crippen molar-refractivity contribution >= 4 is 22.5 Å². The Bertz CT molecular complexity index is 704. The molecule has 0 aliphatic heterocycles. The van der Waals surface area contributed by atoms with Gasteiger partial charge in [-0.15, -0.1) is 0 Å². The molecule has 1 aromatic carbocycles. The highest BCUT2D eigenvalue weighted by Gasteiger charge is 2.19. The van der Waals surface area contributed by atoms with E-state index in [0.29, 0.717) is 5.56 Å². The van der Waals surface area contributed by atoms with E-state index in [1.54, 1.807) is 13.8 Å². The first kappa shape index (κ1) is 15.4. The molecule has 0 spiro atoms. The monoisotopic (exact) mass is 283 g/mol. The molecule has 3 nitrogen and oxygen atoms in total. The highest BCUT2D eigenvalue weighted by molar-refractivity contribution is 5.98. The van der Waals surface area contributed by atoms with Gasteiger partial charge in [-0.3, -0.25) is 14.6 Å². The number of rotatable bonds is 5. The molecular weight excluding hydrogens is 262 g/mol. The highest BCUT2D eigenvalue weighted by atomic mass is 16.1. The van der Waals surface area contributed by atoms with Crippen molar-refractivity contribution in [1.82, 2.24) is 4.98 Å². The summed E-state index contributed by atoms with van der Waals surface area (Å²) in [6.45, 7) is 7.21. The third-order valence-electron chi connectivity index (χ3n) is 3.90. The van der Waals surface area contributed by atoms with Crippen LogP contribution in [0.4, 0.5) is 0 Å². The van der Waals surface area contributed by atoms with Gasteiger partial charge in [0.1, 0.15) is 5.78 Å². The maximum absolute atomic E-state index is 11.9. The summed E-state index contributed by atoms with van der Waals surface area (Å²) in [6, 6.07) is 7.58. The average molecular weight is 283 g/mol. The number of benzene rings is 1. The highest BCUT2D eigenvalue weighted by Crippen LogP contribution is 2.28. The second-order valence-corrected chi connectivity index (χ2v) is 5.58. The number of hydrogen-bond donors (Lipinski definition) is 0. The molecule has 0 bridgehead atoms. The van der Waals surface area contributed by atoms with Crippen LogP contribution in [0.25, 0.3) is 10.9 Å². The van der Waals surface area contributed by atoms with E-state index in [-0.39, 0.29) is 17.5 Å². The Morgan fingerprint density at radius 3 is 2.48 bits per heavy atom. The van der Waals surface area contributed by atoms with Crippen molar-refractivity contribution in [3.05, 3.63) is 41.1 Å². The normalized spacial score (nSPS) is 12.4. The lowest BCUT2D eigenvalue weighted by atomic mass is 9.89. The summed E-state index contributed by atoms with van der Waals surface area (Å²) in [5.41, 5.74) is 3.35. The lowest BCUT2D eigenvalue weighted by Crippen LogP contribution is -2.11. The van der Waals surface area contributed by atoms with Gasteiger partial charge < -0.3 is 0 Å². The molecular formula is C18H21NO2. The maximum atomic E-state index is 11.9. The molecule has 110 valence electrons. The molecule has 0 amide bonds. The van der Waals surface area contributed by atoms with Crippen molar-refractivity contribution in [2.75, 3.05) is 0 Å². The maximum Gasteiger partial charge on any atom is 0.159 e. The van der Waals surface area contributed by atoms with Gasteiger partial charge in [0.25, 0.3) is 0 Å². The smallest absolute Gasteiger partial charge is 0.159 e. The average Bonchev–Trinajstić information content (AvgIpc) is 2.43. The summed E-state index contributed by atoms with van der Waals surface area (Å²) >= 11 is 0. The van der Waals surface area contributed by atoms with Crippen LogP contribution < -0.4 is 0 Å². The summed E-state index contributed by atoms with van der Waals surface area (Å²) in [4.78, 5) is 27.9. The first-order chi connectivity index (χ1) is 9.93. The van der Waals surface area contributed by atoms with Crippen molar-refractivity contribution < 1.29 is 9.59 Å². The van der Waals surface area contributed by atoms with Crippen molar-refractivity contribution in [3.63, 3.8) is 0 Å². The van der Waals surface area contributed by atoms with Crippen LogP contribution in [0.5, 0.6) is 0 Å². The minimum Gasteiger partial charge on any atom is -0.299 e. The topological polar surface area (TPSA) is 47.0 Å². The molecule has 0 aliphatic rings. The molecule has 2 rings (SSSR count). The van der Waals surface area contributed by atoms with Gasteiger partial charge in [0.15, 0.2) is 5.78 Å². The molecule has 21 heavy (non-hydrogen) atoms. The van der Waals surface area contributed by atoms with Gasteiger partial charge >= 0.3 is 0 Å². The quantitative estimate of drug-likeness (QED) is 0.772. The number of pyridine rings is 1. The molecule has 0 saturated heterocycles. The number of carbonyl (C=O) groups excluding carboxylic acids is 2. The van der Waals surface area contributed by atoms with E-state index in [2.05, 4.69) is 11.9 Å². The van der Waals surface area contributed by atoms with Crippen molar-refractivity contribution in [3.8, 4) is 0 Å². The number of Topliss-reactive ketones (excluding diaryl/α,β-unsaturated/α-hetero) is 2. The molecule has 1 aromatic heterocycles. The van der Waals surface area contributed by atoms with Gasteiger partial charge in [0.05, 0.1) is 5.52 Å². The Labute approximate surface area is 125 Å². The number of carbonyl (C=O) groups is 2. The van der Waals surface area contributed by atoms with Crippen LogP contribution in [0.3, 0.4) is 0 Å². The standard InChI is InChI=1S/C18H21NO2/c1-5-6-16(13(4)21)17-9-15-8-7-14(12(3)20)10-18(15)19-11(17)2/h7-10,16H,5-6H2,1-4H3. The number of fused-ring (bicyclic) bond motifs is 1. The van der Waals surface area contributed by atoms with E-state index in [0.717, 1.165) is 35.0 Å². The Balaban J connectivity index is 2.57. The number of hydrogen-bond acceptors (Lipinski definition) is 3. The molecule has 1 heterocycles. The minimum atomic E-state index is -0.0839. The van der Waals surface area contributed by atoms with Crippen molar-refractivity contribution in [2.24, 2.45) is 0 Å². The molecule has 0 fully saturated rings. The number of nitrogens with zero attached hydrogens (tertiary/aromatic N) is 1. The van der Waals surface area contributed by atoms with E-state index in [1.807, 2.05) is 31.2 Å². The summed E-state index contributed by atoms with van der Waals surface area (Å²) in [5, 5.41) is 0.975. The first-order valence-corrected chi connectivity index (χ1v) is 7.36. The molecule has 3 heteroatoms. The number of ketones is 2. The van der Waals surface area contributed by atoms with E-state index < -0.39 is 0 Å². The third-order valence-corrected chi connectivity index (χ3v) is 3.90. The zero-order chi connectivity index (χ0) is 15.6. The van der Waals surface area contributed by atoms with Crippen LogP contribution in [0.2, 0.25) is 0 Å². The van der Waals surface area contributed by atoms with E-state index in [1.165, 1.54) is 0 Å². The van der Waals surface area contributed by atoms with Crippen LogP contribution in [-0.4, -0.2) is 16.6 Å². The zero-order valence-electron chi connectivity index (χ0n) is 13.1. The number of aromatic nitrogens is 1. The molecule has 1 atom stereocenters. The van der Waals surface area contributed by atoms with Gasteiger partial charge in [-0.25, -0.2) is 0 Å². The first-order valence-electron chi connectivity index (χ1n) is 7.36. The lowest BCUT2D eigenvalue weighted by Gasteiger charge is -2.16. The van der Waals surface area contributed by atoms with E-state index >= 15 is 0 Å². The molecule has 2 aromatic rings. The van der Waals surface area contributed by atoms with E-state index in [4.69, 9.17) is 0 Å². The second-order valence-electron chi connectivity index (χ2n) is 5.58. The van der Waals surface area contributed by atoms with Crippen molar-refractivity contribution in [2.45, 2.75) is 46.5 Å². The van der Waals surface area contributed by atoms with Gasteiger partial charge in [-0.2, -0.15) is 0 Å². The molecule has 0 saturated carbocycles. The van der Waals surface area contributed by atoms with Crippen molar-refractivity contribution in [1.29, 1.82) is 0 Å². The molecule has 0 aliphatic carbocycles. The second kappa shape index (κ2) is 6.17. The largest absolute Gasteiger partial charge is 0.299 e. The molecule has 0 radical (unpaired) electrons. The predicted octanol–water partition coefficient (Wildman–Crippen LogP) is 4.22. The fourth-order valence-electron chi connectivity index (χ4n) is 2.72. The van der Waals surface area contributed by atoms with Gasteiger partial charge in [-0.1, -0.05) is 25.5 Å². The number of aryl methyl sites for hydroxylation is 1. The van der Waals surface area contributed by atoms with Crippen LogP contribution in [0, 0.1) is 6.92 Å². The predicted molar refractivity (Wildman–Crippen MR) is 84.8 cm³/mol. The Kier molecular flexibility index (Phi) is 4.51. The van der Waals surface area contributed by atoms with Gasteiger partial charge in [0.2, 0.25) is 0 Å². The fraction of sp³-hybridized carbons (Fsp3) is 0.389.